The van der Waals surface area contributed by atoms with E-state index < -0.39 is 5.38 Å². The molecule has 0 bridgehead atoms. The summed E-state index contributed by atoms with van der Waals surface area (Å²) in [4.78, 5) is 22.9. The highest BCUT2D eigenvalue weighted by atomic mass is 35.5. The van der Waals surface area contributed by atoms with Crippen molar-refractivity contribution in [3.8, 4) is 11.5 Å². The number of nitrogens with one attached hydrogen (secondary N) is 1. The summed E-state index contributed by atoms with van der Waals surface area (Å²) in [5.41, 5.74) is 0.602. The Morgan fingerprint density at radius 1 is 1.18 bits per heavy atom. The first-order valence-corrected chi connectivity index (χ1v) is 7.17. The van der Waals surface area contributed by atoms with Crippen molar-refractivity contribution in [3.63, 3.8) is 0 Å². The molecule has 0 aliphatic carbocycles. The molecule has 0 heterocycles. The standard InChI is InChI=1S/C15H20ClNO5/c1-20-11-7-6-10(9-12(11)21-2)14(16)15(19)17-8-4-5-13(18)22-3/h6-7,9,14H,4-5,8H2,1-3H3,(H,17,19). The lowest BCUT2D eigenvalue weighted by Gasteiger charge is -2.13. The van der Waals surface area contributed by atoms with Crippen LogP contribution in [-0.4, -0.2) is 39.8 Å². The summed E-state index contributed by atoms with van der Waals surface area (Å²) in [5.74, 6) is 0.424. The zero-order valence-corrected chi connectivity index (χ0v) is 13.6. The Hall–Kier alpha value is -1.95. The predicted molar refractivity (Wildman–Crippen MR) is 82.4 cm³/mol. The Labute approximate surface area is 134 Å². The van der Waals surface area contributed by atoms with E-state index in [0.29, 0.717) is 30.0 Å². The van der Waals surface area contributed by atoms with Crippen molar-refractivity contribution >= 4 is 23.5 Å². The number of esters is 1. The molecule has 0 aromatic heterocycles. The number of hydrogen-bond donors (Lipinski definition) is 1. The maximum atomic E-state index is 12.0. The first-order chi connectivity index (χ1) is 10.5. The number of halogens is 1. The minimum Gasteiger partial charge on any atom is -0.493 e. The third-order valence-corrected chi connectivity index (χ3v) is 3.47. The van der Waals surface area contributed by atoms with Crippen LogP contribution in [-0.2, 0) is 14.3 Å². The number of carbonyl (C=O) groups is 2. The summed E-state index contributed by atoms with van der Waals surface area (Å²) in [6.07, 6.45) is 0.744. The molecular weight excluding hydrogens is 310 g/mol. The third-order valence-electron chi connectivity index (χ3n) is 3.02. The first kappa shape index (κ1) is 18.1. The van der Waals surface area contributed by atoms with Crippen LogP contribution in [0.25, 0.3) is 0 Å². The highest BCUT2D eigenvalue weighted by molar-refractivity contribution is 6.30. The largest absolute Gasteiger partial charge is 0.493 e. The fourth-order valence-electron chi connectivity index (χ4n) is 1.80. The van der Waals surface area contributed by atoms with Crippen LogP contribution in [0.4, 0.5) is 0 Å². The fourth-order valence-corrected chi connectivity index (χ4v) is 2.01. The van der Waals surface area contributed by atoms with Crippen LogP contribution in [0.1, 0.15) is 23.8 Å². The van der Waals surface area contributed by atoms with Gasteiger partial charge in [-0.25, -0.2) is 0 Å². The summed E-state index contributed by atoms with van der Waals surface area (Å²) in [5, 5.41) is 1.83. The average Bonchev–Trinajstić information content (AvgIpc) is 2.56. The molecule has 6 nitrogen and oxygen atoms in total. The van der Waals surface area contributed by atoms with Crippen LogP contribution in [0.15, 0.2) is 18.2 Å². The Morgan fingerprint density at radius 3 is 2.45 bits per heavy atom. The Morgan fingerprint density at radius 2 is 1.86 bits per heavy atom. The number of methoxy groups -OCH3 is 3. The molecule has 0 fully saturated rings. The van der Waals surface area contributed by atoms with Crippen LogP contribution >= 0.6 is 11.6 Å². The lowest BCUT2D eigenvalue weighted by molar-refractivity contribution is -0.140. The molecule has 0 aliphatic rings. The molecule has 0 saturated carbocycles. The summed E-state index contributed by atoms with van der Waals surface area (Å²) >= 11 is 6.15. The second kappa shape index (κ2) is 9.15. The Balaban J connectivity index is 2.57. The van der Waals surface area contributed by atoms with E-state index in [4.69, 9.17) is 21.1 Å². The van der Waals surface area contributed by atoms with Crippen molar-refractivity contribution < 1.29 is 23.8 Å². The minimum atomic E-state index is -0.849. The lowest BCUT2D eigenvalue weighted by atomic mass is 10.1. The van der Waals surface area contributed by atoms with Crippen molar-refractivity contribution in [2.45, 2.75) is 18.2 Å². The quantitative estimate of drug-likeness (QED) is 0.449. The summed E-state index contributed by atoms with van der Waals surface area (Å²) in [7, 11) is 4.37. The Bertz CT molecular complexity index is 521. The summed E-state index contributed by atoms with van der Waals surface area (Å²) in [6.45, 7) is 0.352. The zero-order valence-electron chi connectivity index (χ0n) is 12.8. The van der Waals surface area contributed by atoms with Gasteiger partial charge in [-0.05, 0) is 24.1 Å². The molecule has 0 spiro atoms. The fraction of sp³-hybridized carbons (Fsp3) is 0.467. The van der Waals surface area contributed by atoms with Crippen LogP contribution in [0.5, 0.6) is 11.5 Å². The molecule has 0 aliphatic heterocycles. The van der Waals surface area contributed by atoms with E-state index in [-0.39, 0.29) is 18.3 Å². The molecular formula is C15H20ClNO5. The number of ether oxygens (including phenoxy) is 3. The van der Waals surface area contributed by atoms with Crippen molar-refractivity contribution in [2.75, 3.05) is 27.9 Å². The maximum Gasteiger partial charge on any atom is 0.305 e. The van der Waals surface area contributed by atoms with Crippen molar-refractivity contribution in [1.29, 1.82) is 0 Å². The molecule has 1 atom stereocenters. The van der Waals surface area contributed by atoms with Gasteiger partial charge in [-0.2, -0.15) is 0 Å². The average molecular weight is 330 g/mol. The first-order valence-electron chi connectivity index (χ1n) is 6.74. The number of hydrogen-bond acceptors (Lipinski definition) is 5. The normalized spacial score (nSPS) is 11.5. The van der Waals surface area contributed by atoms with Gasteiger partial charge in [0.25, 0.3) is 0 Å². The van der Waals surface area contributed by atoms with Gasteiger partial charge >= 0.3 is 5.97 Å². The number of rotatable bonds is 8. The van der Waals surface area contributed by atoms with Crippen molar-refractivity contribution in [1.82, 2.24) is 5.32 Å². The molecule has 122 valence electrons. The zero-order chi connectivity index (χ0) is 16.5. The molecule has 1 unspecified atom stereocenters. The highest BCUT2D eigenvalue weighted by Crippen LogP contribution is 2.32. The molecule has 0 saturated heterocycles. The lowest BCUT2D eigenvalue weighted by Crippen LogP contribution is -2.28. The van der Waals surface area contributed by atoms with Gasteiger partial charge in [0, 0.05) is 13.0 Å². The molecule has 1 amide bonds. The predicted octanol–water partition coefficient (Wildman–Crippen LogP) is 2.05. The molecule has 7 heteroatoms. The van der Waals surface area contributed by atoms with Gasteiger partial charge in [-0.1, -0.05) is 6.07 Å². The second-order valence-electron chi connectivity index (χ2n) is 4.45. The molecule has 0 radical (unpaired) electrons. The number of benzene rings is 1. The molecule has 1 aromatic carbocycles. The topological polar surface area (TPSA) is 73.9 Å². The minimum absolute atomic E-state index is 0.250. The van der Waals surface area contributed by atoms with E-state index in [0.717, 1.165) is 0 Å². The number of alkyl halides is 1. The molecule has 1 aromatic rings. The Kier molecular flexibility index (Phi) is 7.52. The van der Waals surface area contributed by atoms with E-state index in [1.54, 1.807) is 18.2 Å². The van der Waals surface area contributed by atoms with E-state index >= 15 is 0 Å². The monoisotopic (exact) mass is 329 g/mol. The highest BCUT2D eigenvalue weighted by Gasteiger charge is 2.19. The van der Waals surface area contributed by atoms with Gasteiger partial charge in [0.1, 0.15) is 5.38 Å². The maximum absolute atomic E-state index is 12.0. The summed E-state index contributed by atoms with van der Waals surface area (Å²) < 4.78 is 14.8. The van der Waals surface area contributed by atoms with Gasteiger partial charge < -0.3 is 19.5 Å². The third kappa shape index (κ3) is 5.11. The van der Waals surface area contributed by atoms with Gasteiger partial charge in [-0.15, -0.1) is 11.6 Å². The van der Waals surface area contributed by atoms with Gasteiger partial charge in [0.15, 0.2) is 11.5 Å². The van der Waals surface area contributed by atoms with Gasteiger partial charge in [-0.3, -0.25) is 9.59 Å². The van der Waals surface area contributed by atoms with Crippen molar-refractivity contribution in [3.05, 3.63) is 23.8 Å². The second-order valence-corrected chi connectivity index (χ2v) is 4.88. The molecule has 22 heavy (non-hydrogen) atoms. The molecule has 1 N–H and O–H groups in total. The van der Waals surface area contributed by atoms with E-state index in [1.807, 2.05) is 0 Å². The van der Waals surface area contributed by atoms with E-state index in [2.05, 4.69) is 10.1 Å². The number of carbonyl (C=O) groups excluding carboxylic acids is 2. The van der Waals surface area contributed by atoms with Crippen molar-refractivity contribution in [2.24, 2.45) is 0 Å². The van der Waals surface area contributed by atoms with E-state index in [1.165, 1.54) is 21.3 Å². The van der Waals surface area contributed by atoms with Gasteiger partial charge in [0.2, 0.25) is 5.91 Å². The van der Waals surface area contributed by atoms with Crippen LogP contribution in [0.2, 0.25) is 0 Å². The van der Waals surface area contributed by atoms with Crippen LogP contribution in [0, 0.1) is 0 Å². The number of amides is 1. The smallest absolute Gasteiger partial charge is 0.305 e. The van der Waals surface area contributed by atoms with Crippen LogP contribution in [0.3, 0.4) is 0 Å². The SMILES string of the molecule is COC(=O)CCCNC(=O)C(Cl)c1ccc(OC)c(OC)c1. The molecule has 1 rings (SSSR count). The van der Waals surface area contributed by atoms with Crippen LogP contribution < -0.4 is 14.8 Å². The summed E-state index contributed by atoms with van der Waals surface area (Å²) in [6, 6.07) is 5.05. The van der Waals surface area contributed by atoms with E-state index in [9.17, 15) is 9.59 Å². The van der Waals surface area contributed by atoms with Gasteiger partial charge in [0.05, 0.1) is 21.3 Å².